The fourth-order valence-corrected chi connectivity index (χ4v) is 2.22. The first-order chi connectivity index (χ1) is 12.1. The number of nitrogens with zero attached hydrogens (tertiary/aromatic N) is 1. The van der Waals surface area contributed by atoms with Crippen molar-refractivity contribution in [3.63, 3.8) is 0 Å². The molecule has 1 amide bonds. The molecular weight excluding hydrogens is 320 g/mol. The second kappa shape index (κ2) is 7.44. The van der Waals surface area contributed by atoms with Gasteiger partial charge in [0.2, 0.25) is 0 Å². The normalized spacial score (nSPS) is 10.3. The van der Waals surface area contributed by atoms with Crippen LogP contribution in [0.25, 0.3) is 0 Å². The zero-order valence-corrected chi connectivity index (χ0v) is 13.6. The van der Waals surface area contributed by atoms with Crippen molar-refractivity contribution in [1.29, 1.82) is 0 Å². The highest BCUT2D eigenvalue weighted by Crippen LogP contribution is 2.19. The molecule has 0 unspecified atom stereocenters. The Morgan fingerprint density at radius 3 is 2.84 bits per heavy atom. The van der Waals surface area contributed by atoms with E-state index in [1.807, 2.05) is 12.1 Å². The van der Waals surface area contributed by atoms with E-state index in [1.54, 1.807) is 43.6 Å². The molecule has 2 heterocycles. The van der Waals surface area contributed by atoms with Gasteiger partial charge in [0.1, 0.15) is 12.4 Å². The molecule has 3 rings (SSSR count). The standard InChI is InChI=1S/C19H16N2O4/c1-13-8-17(25-18(22)9-13)19(23)21-15-5-2-6-16(10-15)24-12-14-4-3-7-20-11-14/h2-11H,12H2,1H3,(H,21,23). The number of aromatic nitrogens is 1. The van der Waals surface area contributed by atoms with Crippen molar-refractivity contribution in [2.75, 3.05) is 5.32 Å². The molecule has 0 saturated heterocycles. The molecule has 25 heavy (non-hydrogen) atoms. The minimum Gasteiger partial charge on any atom is -0.489 e. The van der Waals surface area contributed by atoms with E-state index in [9.17, 15) is 9.59 Å². The maximum atomic E-state index is 12.2. The van der Waals surface area contributed by atoms with Gasteiger partial charge in [-0.3, -0.25) is 9.78 Å². The fourth-order valence-electron chi connectivity index (χ4n) is 2.22. The Bertz CT molecular complexity index is 935. The van der Waals surface area contributed by atoms with Crippen molar-refractivity contribution in [1.82, 2.24) is 4.98 Å². The molecule has 0 aliphatic rings. The lowest BCUT2D eigenvalue weighted by molar-refractivity contribution is 0.0992. The van der Waals surface area contributed by atoms with Gasteiger partial charge in [-0.15, -0.1) is 0 Å². The molecule has 0 atom stereocenters. The molecule has 126 valence electrons. The van der Waals surface area contributed by atoms with E-state index in [0.717, 1.165) is 5.56 Å². The van der Waals surface area contributed by atoms with Gasteiger partial charge in [0.15, 0.2) is 5.76 Å². The zero-order chi connectivity index (χ0) is 17.6. The summed E-state index contributed by atoms with van der Waals surface area (Å²) in [6.07, 6.45) is 3.43. The predicted octanol–water partition coefficient (Wildman–Crippen LogP) is 3.17. The van der Waals surface area contributed by atoms with Gasteiger partial charge in [-0.25, -0.2) is 4.79 Å². The number of amides is 1. The highest BCUT2D eigenvalue weighted by molar-refractivity contribution is 6.02. The molecule has 1 N–H and O–H groups in total. The molecule has 0 aliphatic carbocycles. The van der Waals surface area contributed by atoms with Crippen molar-refractivity contribution < 1.29 is 13.9 Å². The first kappa shape index (κ1) is 16.4. The molecule has 0 bridgehead atoms. The maximum Gasteiger partial charge on any atom is 0.336 e. The van der Waals surface area contributed by atoms with Gasteiger partial charge < -0.3 is 14.5 Å². The molecule has 0 spiro atoms. The fraction of sp³-hybridized carbons (Fsp3) is 0.105. The lowest BCUT2D eigenvalue weighted by atomic mass is 10.2. The predicted molar refractivity (Wildman–Crippen MR) is 92.7 cm³/mol. The third-order valence-corrected chi connectivity index (χ3v) is 3.36. The number of hydrogen-bond donors (Lipinski definition) is 1. The first-order valence-electron chi connectivity index (χ1n) is 7.65. The number of hydrogen-bond acceptors (Lipinski definition) is 5. The molecule has 0 aliphatic heterocycles. The molecule has 1 aromatic carbocycles. The van der Waals surface area contributed by atoms with Gasteiger partial charge in [0.25, 0.3) is 5.91 Å². The van der Waals surface area contributed by atoms with E-state index in [0.29, 0.717) is 23.6 Å². The van der Waals surface area contributed by atoms with E-state index < -0.39 is 11.5 Å². The largest absolute Gasteiger partial charge is 0.489 e. The van der Waals surface area contributed by atoms with E-state index in [1.165, 1.54) is 12.1 Å². The van der Waals surface area contributed by atoms with Crippen molar-refractivity contribution in [2.24, 2.45) is 0 Å². The van der Waals surface area contributed by atoms with Gasteiger partial charge >= 0.3 is 5.63 Å². The van der Waals surface area contributed by atoms with Gasteiger partial charge in [0.05, 0.1) is 0 Å². The van der Waals surface area contributed by atoms with Crippen LogP contribution >= 0.6 is 0 Å². The molecule has 0 radical (unpaired) electrons. The average molecular weight is 336 g/mol. The van der Waals surface area contributed by atoms with Crippen molar-refractivity contribution in [2.45, 2.75) is 13.5 Å². The number of anilines is 1. The summed E-state index contributed by atoms with van der Waals surface area (Å²) < 4.78 is 10.6. The third kappa shape index (κ3) is 4.54. The van der Waals surface area contributed by atoms with Crippen LogP contribution in [-0.2, 0) is 6.61 Å². The number of carbonyl (C=O) groups is 1. The minimum atomic E-state index is -0.557. The summed E-state index contributed by atoms with van der Waals surface area (Å²) in [5.74, 6) is 0.0734. The molecule has 6 heteroatoms. The first-order valence-corrected chi connectivity index (χ1v) is 7.65. The Labute approximate surface area is 144 Å². The summed E-state index contributed by atoms with van der Waals surface area (Å²) in [7, 11) is 0. The van der Waals surface area contributed by atoms with Crippen LogP contribution in [0.2, 0.25) is 0 Å². The van der Waals surface area contributed by atoms with Gasteiger partial charge in [-0.2, -0.15) is 0 Å². The average Bonchev–Trinajstić information content (AvgIpc) is 2.60. The summed E-state index contributed by atoms with van der Waals surface area (Å²) in [5, 5.41) is 2.69. The maximum absolute atomic E-state index is 12.2. The smallest absolute Gasteiger partial charge is 0.336 e. The summed E-state index contributed by atoms with van der Waals surface area (Å²) >= 11 is 0. The van der Waals surface area contributed by atoms with E-state index in [2.05, 4.69) is 10.3 Å². The van der Waals surface area contributed by atoms with Crippen LogP contribution in [0.5, 0.6) is 5.75 Å². The monoisotopic (exact) mass is 336 g/mol. The molecule has 6 nitrogen and oxygen atoms in total. The number of nitrogens with one attached hydrogen (secondary N) is 1. The quantitative estimate of drug-likeness (QED) is 0.774. The Kier molecular flexibility index (Phi) is 4.89. The summed E-state index contributed by atoms with van der Waals surface area (Å²) in [6.45, 7) is 2.10. The SMILES string of the molecule is Cc1cc(C(=O)Nc2cccc(OCc3cccnc3)c2)oc(=O)c1. The van der Waals surface area contributed by atoms with E-state index in [4.69, 9.17) is 9.15 Å². The number of carbonyl (C=O) groups excluding carboxylic acids is 1. The summed E-state index contributed by atoms with van der Waals surface area (Å²) in [5.41, 5.74) is 1.59. The van der Waals surface area contributed by atoms with Crippen molar-refractivity contribution in [3.05, 3.63) is 88.2 Å². The Morgan fingerprint density at radius 1 is 1.20 bits per heavy atom. The van der Waals surface area contributed by atoms with Gasteiger partial charge in [-0.1, -0.05) is 12.1 Å². The second-order valence-corrected chi connectivity index (χ2v) is 5.45. The van der Waals surface area contributed by atoms with Gasteiger partial charge in [-0.05, 0) is 36.8 Å². The molecule has 0 saturated carbocycles. The van der Waals surface area contributed by atoms with E-state index >= 15 is 0 Å². The van der Waals surface area contributed by atoms with Crippen molar-refractivity contribution in [3.8, 4) is 5.75 Å². The highest BCUT2D eigenvalue weighted by atomic mass is 16.5. The van der Waals surface area contributed by atoms with Crippen LogP contribution in [0.3, 0.4) is 0 Å². The van der Waals surface area contributed by atoms with Crippen LogP contribution in [0, 0.1) is 6.92 Å². The molecule has 2 aromatic heterocycles. The molecular formula is C19H16N2O4. The topological polar surface area (TPSA) is 81.4 Å². The summed E-state index contributed by atoms with van der Waals surface area (Å²) in [6, 6.07) is 13.6. The van der Waals surface area contributed by atoms with Crippen LogP contribution < -0.4 is 15.7 Å². The third-order valence-electron chi connectivity index (χ3n) is 3.36. The van der Waals surface area contributed by atoms with Crippen LogP contribution in [-0.4, -0.2) is 10.9 Å². The van der Waals surface area contributed by atoms with E-state index in [-0.39, 0.29) is 5.76 Å². The Morgan fingerprint density at radius 2 is 2.08 bits per heavy atom. The second-order valence-electron chi connectivity index (χ2n) is 5.45. The highest BCUT2D eigenvalue weighted by Gasteiger charge is 2.11. The van der Waals surface area contributed by atoms with Crippen LogP contribution in [0.15, 0.2) is 70.1 Å². The summed E-state index contributed by atoms with van der Waals surface area (Å²) in [4.78, 5) is 27.6. The Hall–Kier alpha value is -3.41. The molecule has 0 fully saturated rings. The zero-order valence-electron chi connectivity index (χ0n) is 13.6. The number of pyridine rings is 1. The number of aryl methyl sites for hydroxylation is 1. The Balaban J connectivity index is 1.68. The lowest BCUT2D eigenvalue weighted by Crippen LogP contribution is -2.14. The van der Waals surface area contributed by atoms with Crippen LogP contribution in [0.1, 0.15) is 21.7 Å². The van der Waals surface area contributed by atoms with Gasteiger partial charge in [0, 0.05) is 35.8 Å². The molecule has 3 aromatic rings. The number of ether oxygens (including phenoxy) is 1. The lowest BCUT2D eigenvalue weighted by Gasteiger charge is -2.09. The van der Waals surface area contributed by atoms with Crippen molar-refractivity contribution >= 4 is 11.6 Å². The number of benzene rings is 1. The number of rotatable bonds is 5. The van der Waals surface area contributed by atoms with Crippen LogP contribution in [0.4, 0.5) is 5.69 Å². The minimum absolute atomic E-state index is 0.0355.